The van der Waals surface area contributed by atoms with Gasteiger partial charge in [-0.2, -0.15) is 0 Å². The number of rotatable bonds is 8. The second-order valence-corrected chi connectivity index (χ2v) is 9.50. The molecule has 0 saturated carbocycles. The van der Waals surface area contributed by atoms with Gasteiger partial charge in [0.15, 0.2) is 0 Å². The molecule has 0 aliphatic carbocycles. The number of aromatic nitrogens is 1. The third-order valence-electron chi connectivity index (χ3n) is 6.32. The third kappa shape index (κ3) is 5.38. The minimum atomic E-state index is -0.536. The van der Waals surface area contributed by atoms with E-state index < -0.39 is 5.97 Å². The van der Waals surface area contributed by atoms with Gasteiger partial charge in [-0.05, 0) is 51.4 Å². The maximum Gasteiger partial charge on any atom is 0.350 e. The van der Waals surface area contributed by atoms with E-state index in [1.165, 1.54) is 31.0 Å². The molecular formula is C25H30N4O5S. The van der Waals surface area contributed by atoms with Crippen molar-refractivity contribution in [2.45, 2.75) is 33.2 Å². The predicted octanol–water partition coefficient (Wildman–Crippen LogP) is 4.01. The van der Waals surface area contributed by atoms with Crippen LogP contribution in [-0.2, 0) is 16.1 Å². The second kappa shape index (κ2) is 11.0. The lowest BCUT2D eigenvalue weighted by Crippen LogP contribution is -2.44. The summed E-state index contributed by atoms with van der Waals surface area (Å²) >= 11 is 1.18. The summed E-state index contributed by atoms with van der Waals surface area (Å²) in [7, 11) is 1.31. The van der Waals surface area contributed by atoms with Crippen LogP contribution in [0, 0.1) is 5.92 Å². The zero-order valence-corrected chi connectivity index (χ0v) is 21.0. The maximum atomic E-state index is 12.8. The molecule has 1 aliphatic rings. The monoisotopic (exact) mass is 498 g/mol. The van der Waals surface area contributed by atoms with E-state index in [0.29, 0.717) is 34.6 Å². The van der Waals surface area contributed by atoms with Crippen LogP contribution in [0.2, 0.25) is 0 Å². The van der Waals surface area contributed by atoms with Crippen molar-refractivity contribution in [3.8, 4) is 0 Å². The summed E-state index contributed by atoms with van der Waals surface area (Å²) in [6, 6.07) is 5.32. The van der Waals surface area contributed by atoms with E-state index in [9.17, 15) is 14.4 Å². The zero-order valence-electron chi connectivity index (χ0n) is 20.2. The zero-order chi connectivity index (χ0) is 24.9. The SMILES string of the molecule is CCN(CC)C(=O)[C@H]1CCCN(Cc2ccc3c(NC(=O)c4ccoc4)c(C(=O)OC)sc3n2)C1. The van der Waals surface area contributed by atoms with Gasteiger partial charge in [0.05, 0.1) is 36.2 Å². The first-order chi connectivity index (χ1) is 16.9. The number of hydrogen-bond donors (Lipinski definition) is 1. The molecule has 0 unspecified atom stereocenters. The van der Waals surface area contributed by atoms with Gasteiger partial charge in [-0.3, -0.25) is 14.5 Å². The van der Waals surface area contributed by atoms with Crippen LogP contribution in [0.25, 0.3) is 10.2 Å². The largest absolute Gasteiger partial charge is 0.472 e. The number of esters is 1. The van der Waals surface area contributed by atoms with Crippen LogP contribution in [0.3, 0.4) is 0 Å². The Bertz CT molecular complexity index is 1200. The molecule has 10 heteroatoms. The van der Waals surface area contributed by atoms with Gasteiger partial charge in [0.25, 0.3) is 5.91 Å². The number of piperidine rings is 1. The molecule has 1 fully saturated rings. The van der Waals surface area contributed by atoms with E-state index in [2.05, 4.69) is 10.2 Å². The quantitative estimate of drug-likeness (QED) is 0.468. The number of pyridine rings is 1. The molecule has 1 saturated heterocycles. The van der Waals surface area contributed by atoms with Gasteiger partial charge >= 0.3 is 5.97 Å². The lowest BCUT2D eigenvalue weighted by atomic mass is 9.96. The summed E-state index contributed by atoms with van der Waals surface area (Å²) in [6.45, 7) is 7.70. The Labute approximate surface area is 208 Å². The smallest absolute Gasteiger partial charge is 0.350 e. The summed E-state index contributed by atoms with van der Waals surface area (Å²) in [5.41, 5.74) is 1.58. The maximum absolute atomic E-state index is 12.8. The van der Waals surface area contributed by atoms with Crippen molar-refractivity contribution in [1.29, 1.82) is 0 Å². The van der Waals surface area contributed by atoms with Gasteiger partial charge in [0.2, 0.25) is 5.91 Å². The van der Waals surface area contributed by atoms with Crippen LogP contribution in [0.5, 0.6) is 0 Å². The fourth-order valence-corrected chi connectivity index (χ4v) is 5.53. The minimum Gasteiger partial charge on any atom is -0.472 e. The van der Waals surface area contributed by atoms with Crippen LogP contribution >= 0.6 is 11.3 Å². The van der Waals surface area contributed by atoms with Crippen molar-refractivity contribution >= 4 is 45.0 Å². The number of nitrogens with zero attached hydrogens (tertiary/aromatic N) is 3. The molecule has 1 N–H and O–H groups in total. The number of hydrogen-bond acceptors (Lipinski definition) is 8. The van der Waals surface area contributed by atoms with Crippen molar-refractivity contribution < 1.29 is 23.5 Å². The molecule has 4 heterocycles. The average molecular weight is 499 g/mol. The molecule has 0 radical (unpaired) electrons. The number of ether oxygens (including phenoxy) is 1. The Kier molecular flexibility index (Phi) is 7.82. The molecule has 1 aliphatic heterocycles. The van der Waals surface area contributed by atoms with Crippen molar-refractivity contribution in [3.05, 3.63) is 46.9 Å². The third-order valence-corrected chi connectivity index (χ3v) is 7.40. The molecule has 9 nitrogen and oxygen atoms in total. The van der Waals surface area contributed by atoms with Gasteiger partial charge in [-0.25, -0.2) is 9.78 Å². The molecule has 0 aromatic carbocycles. The number of thiophene rings is 1. The highest BCUT2D eigenvalue weighted by Gasteiger charge is 2.29. The average Bonchev–Trinajstić information content (AvgIpc) is 3.53. The van der Waals surface area contributed by atoms with E-state index in [1.807, 2.05) is 30.9 Å². The van der Waals surface area contributed by atoms with E-state index in [1.54, 1.807) is 6.07 Å². The molecule has 4 rings (SSSR count). The highest BCUT2D eigenvalue weighted by Crippen LogP contribution is 2.36. The number of furan rings is 1. The van der Waals surface area contributed by atoms with E-state index >= 15 is 0 Å². The van der Waals surface area contributed by atoms with E-state index in [0.717, 1.165) is 38.2 Å². The van der Waals surface area contributed by atoms with Crippen molar-refractivity contribution in [3.63, 3.8) is 0 Å². The highest BCUT2D eigenvalue weighted by atomic mass is 32.1. The second-order valence-electron chi connectivity index (χ2n) is 8.50. The lowest BCUT2D eigenvalue weighted by molar-refractivity contribution is -0.137. The molecule has 1 atom stereocenters. The van der Waals surface area contributed by atoms with Gasteiger partial charge in [0.1, 0.15) is 16.0 Å². The van der Waals surface area contributed by atoms with E-state index in [-0.39, 0.29) is 22.6 Å². The number of fused-ring (bicyclic) bond motifs is 1. The van der Waals surface area contributed by atoms with E-state index in [4.69, 9.17) is 14.1 Å². The molecule has 3 aromatic rings. The Hall–Kier alpha value is -3.24. The summed E-state index contributed by atoms with van der Waals surface area (Å²) in [6.07, 6.45) is 4.63. The number of likely N-dealkylation sites (tertiary alicyclic amines) is 1. The lowest BCUT2D eigenvalue weighted by Gasteiger charge is -2.34. The van der Waals surface area contributed by atoms with Crippen LogP contribution < -0.4 is 5.32 Å². The van der Waals surface area contributed by atoms with Crippen molar-refractivity contribution in [2.24, 2.45) is 5.92 Å². The molecule has 0 bridgehead atoms. The topological polar surface area (TPSA) is 105 Å². The standard InChI is InChI=1S/C25H30N4O5S/c1-4-29(5-2)24(31)16-7-6-11-28(13-16)14-18-8-9-19-20(27-22(30)17-10-12-34-15-17)21(25(32)33-3)35-23(19)26-18/h8-10,12,15-16H,4-7,11,13-14H2,1-3H3,(H,27,30)/t16-/m0/s1. The molecule has 2 amide bonds. The van der Waals surface area contributed by atoms with Crippen LogP contribution in [0.15, 0.2) is 35.1 Å². The van der Waals surface area contributed by atoms with Crippen LogP contribution in [-0.4, -0.2) is 65.9 Å². The number of nitrogens with one attached hydrogen (secondary N) is 1. The molecule has 35 heavy (non-hydrogen) atoms. The predicted molar refractivity (Wildman–Crippen MR) is 134 cm³/mol. The summed E-state index contributed by atoms with van der Waals surface area (Å²) < 4.78 is 9.92. The normalized spacial score (nSPS) is 16.3. The highest BCUT2D eigenvalue weighted by molar-refractivity contribution is 7.21. The number of methoxy groups -OCH3 is 1. The van der Waals surface area contributed by atoms with Crippen molar-refractivity contribution in [1.82, 2.24) is 14.8 Å². The Morgan fingerprint density at radius 1 is 1.26 bits per heavy atom. The first-order valence-corrected chi connectivity index (χ1v) is 12.6. The Morgan fingerprint density at radius 3 is 2.74 bits per heavy atom. The number of anilines is 1. The van der Waals surface area contributed by atoms with Crippen molar-refractivity contribution in [2.75, 3.05) is 38.6 Å². The molecule has 0 spiro atoms. The summed E-state index contributed by atoms with van der Waals surface area (Å²) in [4.78, 5) is 47.7. The number of carbonyl (C=O) groups is 3. The molecular weight excluding hydrogens is 468 g/mol. The first-order valence-electron chi connectivity index (χ1n) is 11.8. The Balaban J connectivity index is 1.55. The van der Waals surface area contributed by atoms with Gasteiger partial charge in [0, 0.05) is 31.6 Å². The van der Waals surface area contributed by atoms with Crippen LogP contribution in [0.4, 0.5) is 5.69 Å². The fraction of sp³-hybridized carbons (Fsp3) is 0.440. The number of carbonyl (C=O) groups excluding carboxylic acids is 3. The summed E-state index contributed by atoms with van der Waals surface area (Å²) in [5, 5.41) is 3.48. The van der Waals surface area contributed by atoms with Gasteiger partial charge in [-0.15, -0.1) is 11.3 Å². The number of amides is 2. The molecule has 186 valence electrons. The molecule has 3 aromatic heterocycles. The van der Waals surface area contributed by atoms with Gasteiger partial charge in [-0.1, -0.05) is 0 Å². The Morgan fingerprint density at radius 2 is 2.06 bits per heavy atom. The van der Waals surface area contributed by atoms with Gasteiger partial charge < -0.3 is 19.4 Å². The first kappa shape index (κ1) is 24.9. The van der Waals surface area contributed by atoms with Crippen LogP contribution in [0.1, 0.15) is 52.4 Å². The minimum absolute atomic E-state index is 0.00443. The summed E-state index contributed by atoms with van der Waals surface area (Å²) in [5.74, 6) is -0.692. The fourth-order valence-electron chi connectivity index (χ4n) is 4.47.